The monoisotopic (exact) mass is 392 g/mol. The van der Waals surface area contributed by atoms with Gasteiger partial charge >= 0.3 is 0 Å². The Morgan fingerprint density at radius 2 is 2.07 bits per heavy atom. The van der Waals surface area contributed by atoms with Gasteiger partial charge in [-0.05, 0) is 18.1 Å². The molecule has 2 aliphatic heterocycles. The van der Waals surface area contributed by atoms with Crippen molar-refractivity contribution >= 4 is 5.91 Å². The van der Waals surface area contributed by atoms with E-state index >= 15 is 0 Å². The Balaban J connectivity index is 1.41. The van der Waals surface area contributed by atoms with Crippen LogP contribution in [0.4, 0.5) is 0 Å². The Morgan fingerprint density at radius 3 is 2.79 bits per heavy atom. The van der Waals surface area contributed by atoms with Crippen LogP contribution in [0, 0.1) is 12.8 Å². The van der Waals surface area contributed by atoms with E-state index in [-0.39, 0.29) is 17.2 Å². The van der Waals surface area contributed by atoms with Gasteiger partial charge in [-0.15, -0.1) is 10.2 Å². The molecule has 29 heavy (non-hydrogen) atoms. The molecule has 2 aromatic heterocycles. The van der Waals surface area contributed by atoms with Crippen molar-refractivity contribution in [1.29, 1.82) is 0 Å². The number of rotatable bonds is 4. The summed E-state index contributed by atoms with van der Waals surface area (Å²) in [7, 11) is 0. The van der Waals surface area contributed by atoms with E-state index in [4.69, 9.17) is 8.83 Å². The zero-order chi connectivity index (χ0) is 19.8. The highest BCUT2D eigenvalue weighted by molar-refractivity contribution is 5.93. The number of furan rings is 1. The van der Waals surface area contributed by atoms with Gasteiger partial charge in [-0.2, -0.15) is 0 Å². The van der Waals surface area contributed by atoms with E-state index in [0.29, 0.717) is 30.4 Å². The van der Waals surface area contributed by atoms with Crippen molar-refractivity contribution in [2.24, 2.45) is 5.92 Å². The molecule has 0 aliphatic carbocycles. The largest absolute Gasteiger partial charge is 0.472 e. The van der Waals surface area contributed by atoms with Gasteiger partial charge in [0, 0.05) is 45.6 Å². The molecule has 3 aromatic rings. The Morgan fingerprint density at radius 1 is 1.21 bits per heavy atom. The van der Waals surface area contributed by atoms with Crippen molar-refractivity contribution in [2.45, 2.75) is 25.3 Å². The first-order valence-corrected chi connectivity index (χ1v) is 10.0. The number of benzene rings is 1. The van der Waals surface area contributed by atoms with E-state index in [1.807, 2.05) is 17.9 Å². The van der Waals surface area contributed by atoms with Gasteiger partial charge in [-0.25, -0.2) is 0 Å². The third-order valence-electron chi connectivity index (χ3n) is 6.29. The summed E-state index contributed by atoms with van der Waals surface area (Å²) in [5.74, 6) is 1.57. The average Bonchev–Trinajstić information content (AvgIpc) is 3.47. The van der Waals surface area contributed by atoms with Gasteiger partial charge in [-0.1, -0.05) is 30.3 Å². The average molecular weight is 392 g/mol. The van der Waals surface area contributed by atoms with E-state index in [2.05, 4.69) is 39.4 Å². The maximum absolute atomic E-state index is 12.9. The van der Waals surface area contributed by atoms with Crippen molar-refractivity contribution in [3.8, 4) is 0 Å². The van der Waals surface area contributed by atoms with Gasteiger partial charge in [0.2, 0.25) is 11.8 Å². The zero-order valence-corrected chi connectivity index (χ0v) is 16.5. The summed E-state index contributed by atoms with van der Waals surface area (Å²) >= 11 is 0. The van der Waals surface area contributed by atoms with Crippen LogP contribution in [0.2, 0.25) is 0 Å². The molecular weight excluding hydrogens is 368 g/mol. The van der Waals surface area contributed by atoms with E-state index < -0.39 is 0 Å². The molecule has 150 valence electrons. The molecule has 2 fully saturated rings. The van der Waals surface area contributed by atoms with Gasteiger partial charge in [0.25, 0.3) is 5.91 Å². The fourth-order valence-electron chi connectivity index (χ4n) is 4.85. The van der Waals surface area contributed by atoms with Gasteiger partial charge in [-0.3, -0.25) is 9.69 Å². The van der Waals surface area contributed by atoms with Crippen LogP contribution < -0.4 is 0 Å². The van der Waals surface area contributed by atoms with Crippen molar-refractivity contribution < 1.29 is 13.6 Å². The Hall–Kier alpha value is -2.93. The number of carbonyl (C=O) groups is 1. The Labute approximate surface area is 169 Å². The van der Waals surface area contributed by atoms with Crippen LogP contribution in [0.3, 0.4) is 0 Å². The number of aromatic nitrogens is 2. The fourth-order valence-corrected chi connectivity index (χ4v) is 4.85. The molecule has 7 heteroatoms. The first kappa shape index (κ1) is 18.1. The summed E-state index contributed by atoms with van der Waals surface area (Å²) in [5, 5.41) is 8.50. The maximum Gasteiger partial charge on any atom is 0.257 e. The molecule has 1 amide bonds. The second-order valence-corrected chi connectivity index (χ2v) is 8.15. The summed E-state index contributed by atoms with van der Waals surface area (Å²) in [5.41, 5.74) is 1.68. The van der Waals surface area contributed by atoms with E-state index in [1.165, 1.54) is 11.8 Å². The SMILES string of the molecule is Cc1nnc(C23CCN(C(=O)c4ccoc4)CC2CN(Cc2ccccc2)C3)o1. The van der Waals surface area contributed by atoms with Crippen LogP contribution in [0.5, 0.6) is 0 Å². The number of amides is 1. The van der Waals surface area contributed by atoms with Crippen LogP contribution in [-0.2, 0) is 12.0 Å². The summed E-state index contributed by atoms with van der Waals surface area (Å²) in [6, 6.07) is 12.2. The number of fused-ring (bicyclic) bond motifs is 1. The minimum Gasteiger partial charge on any atom is -0.472 e. The van der Waals surface area contributed by atoms with Gasteiger partial charge in [0.05, 0.1) is 17.2 Å². The molecular formula is C22H24N4O3. The minimum absolute atomic E-state index is 0.0237. The summed E-state index contributed by atoms with van der Waals surface area (Å²) in [6.07, 6.45) is 3.87. The third-order valence-corrected chi connectivity index (χ3v) is 6.29. The lowest BCUT2D eigenvalue weighted by Crippen LogP contribution is -2.51. The lowest BCUT2D eigenvalue weighted by atomic mass is 9.72. The van der Waals surface area contributed by atoms with Gasteiger partial charge in [0.1, 0.15) is 6.26 Å². The van der Waals surface area contributed by atoms with Crippen LogP contribution in [0.1, 0.15) is 34.1 Å². The molecule has 5 rings (SSSR count). The molecule has 4 heterocycles. The molecule has 2 saturated heterocycles. The van der Waals surface area contributed by atoms with Crippen LogP contribution in [0.15, 0.2) is 57.8 Å². The number of likely N-dealkylation sites (tertiary alicyclic amines) is 2. The van der Waals surface area contributed by atoms with Crippen LogP contribution in [0.25, 0.3) is 0 Å². The fraction of sp³-hybridized carbons (Fsp3) is 0.409. The van der Waals surface area contributed by atoms with E-state index in [1.54, 1.807) is 12.3 Å². The highest BCUT2D eigenvalue weighted by Gasteiger charge is 2.54. The lowest BCUT2D eigenvalue weighted by molar-refractivity contribution is 0.0567. The number of piperidine rings is 1. The summed E-state index contributed by atoms with van der Waals surface area (Å²) in [4.78, 5) is 17.3. The minimum atomic E-state index is -0.205. The van der Waals surface area contributed by atoms with Crippen molar-refractivity contribution in [2.75, 3.05) is 26.2 Å². The number of aryl methyl sites for hydroxylation is 1. The first-order chi connectivity index (χ1) is 14.1. The molecule has 0 N–H and O–H groups in total. The van der Waals surface area contributed by atoms with Crippen LogP contribution >= 0.6 is 0 Å². The lowest BCUT2D eigenvalue weighted by Gasteiger charge is -2.41. The Kier molecular flexibility index (Phi) is 4.47. The van der Waals surface area contributed by atoms with E-state index in [0.717, 1.165) is 26.1 Å². The quantitative estimate of drug-likeness (QED) is 0.680. The highest BCUT2D eigenvalue weighted by Crippen LogP contribution is 2.45. The zero-order valence-electron chi connectivity index (χ0n) is 16.5. The molecule has 0 radical (unpaired) electrons. The number of carbonyl (C=O) groups excluding carboxylic acids is 1. The molecule has 2 unspecified atom stereocenters. The standard InChI is InChI=1S/C22H24N4O3/c1-16-23-24-21(29-16)22-8-9-26(20(27)18-7-10-28-14-18)13-19(22)12-25(15-22)11-17-5-3-2-4-6-17/h2-7,10,14,19H,8-9,11-13,15H2,1H3. The molecule has 7 nitrogen and oxygen atoms in total. The van der Waals surface area contributed by atoms with Crippen molar-refractivity contribution in [3.05, 3.63) is 71.8 Å². The summed E-state index contributed by atoms with van der Waals surface area (Å²) in [6.45, 7) is 5.81. The van der Waals surface area contributed by atoms with E-state index in [9.17, 15) is 4.79 Å². The summed E-state index contributed by atoms with van der Waals surface area (Å²) < 4.78 is 11.0. The van der Waals surface area contributed by atoms with Gasteiger partial charge < -0.3 is 13.7 Å². The highest BCUT2D eigenvalue weighted by atomic mass is 16.4. The smallest absolute Gasteiger partial charge is 0.257 e. The second-order valence-electron chi connectivity index (χ2n) is 8.15. The second kappa shape index (κ2) is 7.15. The first-order valence-electron chi connectivity index (χ1n) is 10.0. The predicted octanol–water partition coefficient (Wildman–Crippen LogP) is 2.89. The topological polar surface area (TPSA) is 75.6 Å². The van der Waals surface area contributed by atoms with Crippen LogP contribution in [-0.4, -0.2) is 52.1 Å². The van der Waals surface area contributed by atoms with Crippen molar-refractivity contribution in [1.82, 2.24) is 20.0 Å². The Bertz CT molecular complexity index is 985. The van der Waals surface area contributed by atoms with Crippen molar-refractivity contribution in [3.63, 3.8) is 0 Å². The normalized spacial score (nSPS) is 24.6. The number of hydrogen-bond acceptors (Lipinski definition) is 6. The molecule has 0 spiro atoms. The molecule has 2 aliphatic rings. The molecule has 1 aromatic carbocycles. The molecule has 2 atom stereocenters. The molecule has 0 bridgehead atoms. The third kappa shape index (κ3) is 3.25. The molecule has 0 saturated carbocycles. The maximum atomic E-state index is 12.9. The number of nitrogens with zero attached hydrogens (tertiary/aromatic N) is 4. The van der Waals surface area contributed by atoms with Gasteiger partial charge in [0.15, 0.2) is 0 Å². The predicted molar refractivity (Wildman–Crippen MR) is 105 cm³/mol. The number of hydrogen-bond donors (Lipinski definition) is 0.